The fourth-order valence-corrected chi connectivity index (χ4v) is 3.53. The predicted molar refractivity (Wildman–Crippen MR) is 79.3 cm³/mol. The van der Waals surface area contributed by atoms with Gasteiger partial charge in [0, 0.05) is 29.9 Å². The highest BCUT2D eigenvalue weighted by Gasteiger charge is 2.44. The third kappa shape index (κ3) is 2.64. The Hall–Kier alpha value is -1.55. The molecule has 1 atom stereocenters. The quantitative estimate of drug-likeness (QED) is 0.930. The first-order valence-electron chi connectivity index (χ1n) is 7.27. The summed E-state index contributed by atoms with van der Waals surface area (Å²) in [6, 6.07) is 7.80. The predicted octanol–water partition coefficient (Wildman–Crippen LogP) is 2.69. The van der Waals surface area contributed by atoms with Gasteiger partial charge in [-0.1, -0.05) is 30.2 Å². The van der Waals surface area contributed by atoms with Gasteiger partial charge in [0.1, 0.15) is 0 Å². The van der Waals surface area contributed by atoms with Crippen LogP contribution in [0, 0.1) is 5.92 Å². The second-order valence-electron chi connectivity index (χ2n) is 6.15. The van der Waals surface area contributed by atoms with Crippen LogP contribution in [0.1, 0.15) is 31.2 Å². The molecule has 1 aliphatic carbocycles. The number of benzene rings is 1. The number of halogens is 1. The van der Waals surface area contributed by atoms with Crippen molar-refractivity contribution < 1.29 is 14.7 Å². The molecule has 2 fully saturated rings. The Bertz CT molecular complexity index is 565. The molecular formula is C16H18ClNO3. The Morgan fingerprint density at radius 3 is 2.48 bits per heavy atom. The van der Waals surface area contributed by atoms with E-state index in [2.05, 4.69) is 0 Å². The maximum Gasteiger partial charge on any atom is 0.308 e. The van der Waals surface area contributed by atoms with Crippen molar-refractivity contribution in [1.29, 1.82) is 0 Å². The lowest BCUT2D eigenvalue weighted by atomic mass is 9.64. The van der Waals surface area contributed by atoms with Gasteiger partial charge in [-0.3, -0.25) is 9.59 Å². The van der Waals surface area contributed by atoms with Crippen LogP contribution in [0.5, 0.6) is 0 Å². The van der Waals surface area contributed by atoms with E-state index in [9.17, 15) is 9.59 Å². The van der Waals surface area contributed by atoms with Gasteiger partial charge in [-0.2, -0.15) is 0 Å². The summed E-state index contributed by atoms with van der Waals surface area (Å²) in [6.45, 7) is 0.959. The van der Waals surface area contributed by atoms with Crippen LogP contribution in [0.4, 0.5) is 0 Å². The van der Waals surface area contributed by atoms with Gasteiger partial charge in [-0.05, 0) is 30.5 Å². The molecule has 1 aromatic rings. The van der Waals surface area contributed by atoms with Gasteiger partial charge in [-0.25, -0.2) is 0 Å². The summed E-state index contributed by atoms with van der Waals surface area (Å²) in [5.74, 6) is -1.47. The number of hydrogen-bond donors (Lipinski definition) is 1. The molecule has 1 aromatic carbocycles. The molecule has 3 rings (SSSR count). The second-order valence-corrected chi connectivity index (χ2v) is 6.59. The van der Waals surface area contributed by atoms with Crippen molar-refractivity contribution in [3.8, 4) is 0 Å². The smallest absolute Gasteiger partial charge is 0.308 e. The number of carbonyl (C=O) groups excluding carboxylic acids is 1. The third-order valence-electron chi connectivity index (χ3n) is 4.82. The van der Waals surface area contributed by atoms with Gasteiger partial charge in [-0.15, -0.1) is 0 Å². The summed E-state index contributed by atoms with van der Waals surface area (Å²) < 4.78 is 0. The molecule has 21 heavy (non-hydrogen) atoms. The van der Waals surface area contributed by atoms with E-state index in [0.717, 1.165) is 19.3 Å². The topological polar surface area (TPSA) is 57.6 Å². The van der Waals surface area contributed by atoms with Crippen LogP contribution < -0.4 is 0 Å². The summed E-state index contributed by atoms with van der Waals surface area (Å²) in [7, 11) is 0. The van der Waals surface area contributed by atoms with E-state index < -0.39 is 11.9 Å². The Labute approximate surface area is 128 Å². The molecule has 1 saturated heterocycles. The largest absolute Gasteiger partial charge is 0.481 e. The van der Waals surface area contributed by atoms with Gasteiger partial charge < -0.3 is 10.0 Å². The van der Waals surface area contributed by atoms with Crippen LogP contribution in [0.25, 0.3) is 0 Å². The minimum absolute atomic E-state index is 0.0202. The highest BCUT2D eigenvalue weighted by molar-refractivity contribution is 6.30. The molecule has 112 valence electrons. The van der Waals surface area contributed by atoms with Crippen molar-refractivity contribution >= 4 is 23.5 Å². The lowest BCUT2D eigenvalue weighted by molar-refractivity contribution is -0.141. The zero-order chi connectivity index (χ0) is 15.0. The molecule has 0 bridgehead atoms. The van der Waals surface area contributed by atoms with Crippen molar-refractivity contribution in [3.05, 3.63) is 34.9 Å². The molecule has 1 amide bonds. The fourth-order valence-electron chi connectivity index (χ4n) is 3.40. The number of hydrogen-bond acceptors (Lipinski definition) is 2. The van der Waals surface area contributed by atoms with Crippen LogP contribution >= 0.6 is 11.6 Å². The third-order valence-corrected chi connectivity index (χ3v) is 5.08. The first kappa shape index (κ1) is 14.4. The lowest BCUT2D eigenvalue weighted by Gasteiger charge is -2.45. The molecular weight excluding hydrogens is 290 g/mol. The molecule has 0 spiro atoms. The summed E-state index contributed by atoms with van der Waals surface area (Å²) >= 11 is 5.94. The van der Waals surface area contributed by atoms with Gasteiger partial charge in [0.15, 0.2) is 0 Å². The van der Waals surface area contributed by atoms with Gasteiger partial charge in [0.25, 0.3) is 0 Å². The van der Waals surface area contributed by atoms with Crippen LogP contribution in [-0.4, -0.2) is 35.0 Å². The average Bonchev–Trinajstić information content (AvgIpc) is 2.77. The SMILES string of the molecule is O=C(O)C1CC(=O)N(CC2(c3ccc(Cl)cc3)CCC2)C1. The van der Waals surface area contributed by atoms with E-state index in [0.29, 0.717) is 18.1 Å². The van der Waals surface area contributed by atoms with Gasteiger partial charge in [0.05, 0.1) is 5.92 Å². The van der Waals surface area contributed by atoms with Crippen molar-refractivity contribution in [2.45, 2.75) is 31.1 Å². The number of carbonyl (C=O) groups is 2. The average molecular weight is 308 g/mol. The molecule has 0 aromatic heterocycles. The zero-order valence-electron chi connectivity index (χ0n) is 11.7. The van der Waals surface area contributed by atoms with Crippen LogP contribution in [0.3, 0.4) is 0 Å². The molecule has 4 nitrogen and oxygen atoms in total. The second kappa shape index (κ2) is 5.34. The van der Waals surface area contributed by atoms with Gasteiger partial charge >= 0.3 is 5.97 Å². The Morgan fingerprint density at radius 2 is 2.00 bits per heavy atom. The van der Waals surface area contributed by atoms with E-state index in [1.807, 2.05) is 24.3 Å². The highest BCUT2D eigenvalue weighted by Crippen LogP contribution is 2.45. The van der Waals surface area contributed by atoms with E-state index in [4.69, 9.17) is 16.7 Å². The normalized spacial score (nSPS) is 24.0. The van der Waals surface area contributed by atoms with Crippen LogP contribution in [0.2, 0.25) is 5.02 Å². The number of amides is 1. The zero-order valence-corrected chi connectivity index (χ0v) is 12.5. The monoisotopic (exact) mass is 307 g/mol. The van der Waals surface area contributed by atoms with Crippen molar-refractivity contribution in [2.75, 3.05) is 13.1 Å². The summed E-state index contributed by atoms with van der Waals surface area (Å²) in [6.07, 6.45) is 3.35. The van der Waals surface area contributed by atoms with E-state index in [-0.39, 0.29) is 17.7 Å². The van der Waals surface area contributed by atoms with Crippen LogP contribution in [0.15, 0.2) is 24.3 Å². The molecule has 1 aliphatic heterocycles. The minimum atomic E-state index is -0.875. The Kier molecular flexibility index (Phi) is 3.66. The van der Waals surface area contributed by atoms with Crippen molar-refractivity contribution in [3.63, 3.8) is 0 Å². The first-order valence-corrected chi connectivity index (χ1v) is 7.65. The fraction of sp³-hybridized carbons (Fsp3) is 0.500. The molecule has 1 heterocycles. The number of carboxylic acids is 1. The summed E-state index contributed by atoms with van der Waals surface area (Å²) in [4.78, 5) is 24.8. The van der Waals surface area contributed by atoms with E-state index in [1.54, 1.807) is 4.90 Å². The summed E-state index contributed by atoms with van der Waals surface area (Å²) in [5, 5.41) is 9.78. The molecule has 1 N–H and O–H groups in total. The molecule has 5 heteroatoms. The molecule has 0 radical (unpaired) electrons. The minimum Gasteiger partial charge on any atom is -0.481 e. The van der Waals surface area contributed by atoms with Crippen molar-refractivity contribution in [2.24, 2.45) is 5.92 Å². The number of aliphatic carboxylic acids is 1. The first-order chi connectivity index (χ1) is 10.00. The molecule has 1 saturated carbocycles. The van der Waals surface area contributed by atoms with E-state index in [1.165, 1.54) is 5.56 Å². The number of likely N-dealkylation sites (tertiary alicyclic amines) is 1. The Balaban J connectivity index is 1.77. The number of carboxylic acid groups (broad SMARTS) is 1. The molecule has 1 unspecified atom stereocenters. The maximum atomic E-state index is 12.0. The van der Waals surface area contributed by atoms with Gasteiger partial charge in [0.2, 0.25) is 5.91 Å². The standard InChI is InChI=1S/C16H18ClNO3/c17-13-4-2-12(3-5-13)16(6-1-7-16)10-18-9-11(15(20)21)8-14(18)19/h2-5,11H,1,6-10H2,(H,20,21). The Morgan fingerprint density at radius 1 is 1.33 bits per heavy atom. The maximum absolute atomic E-state index is 12.0. The molecule has 2 aliphatic rings. The van der Waals surface area contributed by atoms with Crippen molar-refractivity contribution in [1.82, 2.24) is 4.90 Å². The number of nitrogens with zero attached hydrogens (tertiary/aromatic N) is 1. The van der Waals surface area contributed by atoms with Crippen LogP contribution in [-0.2, 0) is 15.0 Å². The summed E-state index contributed by atoms with van der Waals surface area (Å²) in [5.41, 5.74) is 1.18. The highest BCUT2D eigenvalue weighted by atomic mass is 35.5. The van der Waals surface area contributed by atoms with E-state index >= 15 is 0 Å². The lowest BCUT2D eigenvalue weighted by Crippen LogP contribution is -2.46. The number of rotatable bonds is 4.